The summed E-state index contributed by atoms with van der Waals surface area (Å²) in [4.78, 5) is 11.6. The molecule has 0 aliphatic rings. The molecule has 0 fully saturated rings. The second kappa shape index (κ2) is 3.75. The normalized spacial score (nSPS) is 9.77. The van der Waals surface area contributed by atoms with Gasteiger partial charge in [0.05, 0.1) is 0 Å². The van der Waals surface area contributed by atoms with Gasteiger partial charge in [0.25, 0.3) is 0 Å². The third kappa shape index (κ3) is 1.99. The van der Waals surface area contributed by atoms with Crippen molar-refractivity contribution in [1.82, 2.24) is 0 Å². The van der Waals surface area contributed by atoms with Gasteiger partial charge < -0.3 is 0 Å². The maximum atomic E-state index is 11.6. The van der Waals surface area contributed by atoms with E-state index in [-0.39, 0.29) is 5.78 Å². The van der Waals surface area contributed by atoms with Crippen molar-refractivity contribution in [2.24, 2.45) is 0 Å². The number of hydrogen-bond donors (Lipinski definition) is 0. The highest BCUT2D eigenvalue weighted by Gasteiger charge is 2.10. The molecule has 13 heavy (non-hydrogen) atoms. The molecule has 68 valence electrons. The van der Waals surface area contributed by atoms with Gasteiger partial charge in [-0.05, 0) is 31.1 Å². The van der Waals surface area contributed by atoms with E-state index in [9.17, 15) is 4.79 Å². The average Bonchev–Trinajstić information content (AvgIpc) is 2.08. The fourth-order valence-electron chi connectivity index (χ4n) is 1.08. The molecule has 0 unspecified atom stereocenters. The van der Waals surface area contributed by atoms with E-state index in [0.717, 1.165) is 5.56 Å². The Bertz CT molecular complexity index is 366. The van der Waals surface area contributed by atoms with E-state index in [2.05, 4.69) is 6.58 Å². The number of carbonyl (C=O) groups is 1. The quantitative estimate of drug-likeness (QED) is 0.521. The van der Waals surface area contributed by atoms with Crippen LogP contribution in [0.15, 0.2) is 30.4 Å². The first-order valence-corrected chi connectivity index (χ1v) is 4.37. The molecule has 1 rings (SSSR count). The van der Waals surface area contributed by atoms with E-state index in [1.807, 2.05) is 6.92 Å². The number of carbonyl (C=O) groups excluding carboxylic acids is 1. The van der Waals surface area contributed by atoms with Crippen molar-refractivity contribution in [1.29, 1.82) is 0 Å². The van der Waals surface area contributed by atoms with Crippen molar-refractivity contribution < 1.29 is 4.79 Å². The van der Waals surface area contributed by atoms with Gasteiger partial charge in [0.1, 0.15) is 0 Å². The molecule has 0 saturated heterocycles. The number of ketones is 1. The summed E-state index contributed by atoms with van der Waals surface area (Å²) < 4.78 is 0. The number of rotatable bonds is 2. The molecule has 1 aromatic rings. The molecule has 0 aliphatic heterocycles. The number of Topliss-reactive ketones (excluding diaryl/α,β-unsaturated/α-hetero) is 1. The standard InChI is InChI=1S/C11H11ClO/c1-7(2)11(13)9-5-4-6-10(12)8(9)3/h4-6H,1H2,2-3H3. The van der Waals surface area contributed by atoms with Gasteiger partial charge in [-0.3, -0.25) is 4.79 Å². The van der Waals surface area contributed by atoms with Gasteiger partial charge in [0.15, 0.2) is 5.78 Å². The molecule has 0 aliphatic carbocycles. The highest BCUT2D eigenvalue weighted by Crippen LogP contribution is 2.20. The van der Waals surface area contributed by atoms with Crippen LogP contribution in [-0.2, 0) is 0 Å². The lowest BCUT2D eigenvalue weighted by atomic mass is 10.0. The minimum atomic E-state index is -0.0417. The fourth-order valence-corrected chi connectivity index (χ4v) is 1.26. The molecule has 0 aromatic heterocycles. The third-order valence-electron chi connectivity index (χ3n) is 1.90. The molecule has 0 saturated carbocycles. The van der Waals surface area contributed by atoms with E-state index >= 15 is 0 Å². The lowest BCUT2D eigenvalue weighted by Gasteiger charge is -2.05. The molecule has 0 spiro atoms. The summed E-state index contributed by atoms with van der Waals surface area (Å²) in [6.45, 7) is 7.14. The Morgan fingerprint density at radius 2 is 2.08 bits per heavy atom. The summed E-state index contributed by atoms with van der Waals surface area (Å²) in [6, 6.07) is 5.30. The Morgan fingerprint density at radius 3 is 2.62 bits per heavy atom. The predicted molar refractivity (Wildman–Crippen MR) is 55.3 cm³/mol. The fraction of sp³-hybridized carbons (Fsp3) is 0.182. The van der Waals surface area contributed by atoms with Crippen molar-refractivity contribution in [2.45, 2.75) is 13.8 Å². The topological polar surface area (TPSA) is 17.1 Å². The second-order valence-electron chi connectivity index (χ2n) is 3.02. The minimum Gasteiger partial charge on any atom is -0.289 e. The van der Waals surface area contributed by atoms with Crippen LogP contribution >= 0.6 is 11.6 Å². The Hall–Kier alpha value is -1.08. The summed E-state index contributed by atoms with van der Waals surface area (Å²) in [7, 11) is 0. The molecule has 0 heterocycles. The summed E-state index contributed by atoms with van der Waals surface area (Å²) in [5.41, 5.74) is 1.99. The highest BCUT2D eigenvalue weighted by atomic mass is 35.5. The average molecular weight is 195 g/mol. The Labute approximate surface area is 83.0 Å². The molecule has 1 aromatic carbocycles. The number of halogens is 1. The monoisotopic (exact) mass is 194 g/mol. The summed E-state index contributed by atoms with van der Waals surface area (Å²) in [6.07, 6.45) is 0. The van der Waals surface area contributed by atoms with E-state index < -0.39 is 0 Å². The Morgan fingerprint density at radius 1 is 1.46 bits per heavy atom. The molecule has 0 N–H and O–H groups in total. The van der Waals surface area contributed by atoms with Crippen molar-refractivity contribution in [3.63, 3.8) is 0 Å². The van der Waals surface area contributed by atoms with E-state index in [4.69, 9.17) is 11.6 Å². The zero-order valence-electron chi connectivity index (χ0n) is 7.73. The maximum absolute atomic E-state index is 11.6. The van der Waals surface area contributed by atoms with Crippen LogP contribution in [0.1, 0.15) is 22.8 Å². The Kier molecular flexibility index (Phi) is 2.89. The number of allylic oxidation sites excluding steroid dienone is 1. The van der Waals surface area contributed by atoms with Crippen LogP contribution in [0, 0.1) is 6.92 Å². The first-order chi connectivity index (χ1) is 6.04. The van der Waals surface area contributed by atoms with Crippen LogP contribution in [0.2, 0.25) is 5.02 Å². The zero-order valence-corrected chi connectivity index (χ0v) is 8.48. The minimum absolute atomic E-state index is 0.0417. The van der Waals surface area contributed by atoms with Gasteiger partial charge in [-0.2, -0.15) is 0 Å². The SMILES string of the molecule is C=C(C)C(=O)c1cccc(Cl)c1C. The van der Waals surface area contributed by atoms with Gasteiger partial charge >= 0.3 is 0 Å². The molecular formula is C11H11ClO. The summed E-state index contributed by atoms with van der Waals surface area (Å²) >= 11 is 5.88. The van der Waals surface area contributed by atoms with Crippen LogP contribution in [0.25, 0.3) is 0 Å². The molecule has 0 amide bonds. The second-order valence-corrected chi connectivity index (χ2v) is 3.43. The van der Waals surface area contributed by atoms with Crippen LogP contribution in [0.5, 0.6) is 0 Å². The van der Waals surface area contributed by atoms with Gasteiger partial charge in [0.2, 0.25) is 0 Å². The van der Waals surface area contributed by atoms with Crippen LogP contribution < -0.4 is 0 Å². The molecule has 0 atom stereocenters. The molecule has 2 heteroatoms. The van der Waals surface area contributed by atoms with Gasteiger partial charge in [-0.25, -0.2) is 0 Å². The molecular weight excluding hydrogens is 184 g/mol. The Balaban J connectivity index is 3.23. The first kappa shape index (κ1) is 10.0. The zero-order chi connectivity index (χ0) is 10.0. The van der Waals surface area contributed by atoms with Gasteiger partial charge in [0, 0.05) is 10.6 Å². The van der Waals surface area contributed by atoms with Crippen molar-refractivity contribution >= 4 is 17.4 Å². The molecule has 0 bridgehead atoms. The van der Waals surface area contributed by atoms with E-state index in [1.165, 1.54) is 0 Å². The van der Waals surface area contributed by atoms with Crippen LogP contribution in [0.3, 0.4) is 0 Å². The lowest BCUT2D eigenvalue weighted by molar-refractivity contribution is 0.103. The van der Waals surface area contributed by atoms with Crippen LogP contribution in [0.4, 0.5) is 0 Å². The predicted octanol–water partition coefficient (Wildman–Crippen LogP) is 3.41. The highest BCUT2D eigenvalue weighted by molar-refractivity contribution is 6.32. The summed E-state index contributed by atoms with van der Waals surface area (Å²) in [5, 5.41) is 0.618. The van der Waals surface area contributed by atoms with Crippen molar-refractivity contribution in [2.75, 3.05) is 0 Å². The molecule has 0 radical (unpaired) electrons. The number of benzene rings is 1. The van der Waals surface area contributed by atoms with Gasteiger partial charge in [-0.1, -0.05) is 30.3 Å². The van der Waals surface area contributed by atoms with Crippen molar-refractivity contribution in [3.05, 3.63) is 46.5 Å². The smallest absolute Gasteiger partial charge is 0.188 e. The third-order valence-corrected chi connectivity index (χ3v) is 2.31. The van der Waals surface area contributed by atoms with E-state index in [1.54, 1.807) is 25.1 Å². The molecule has 1 nitrogen and oxygen atoms in total. The first-order valence-electron chi connectivity index (χ1n) is 3.99. The maximum Gasteiger partial charge on any atom is 0.188 e. The van der Waals surface area contributed by atoms with E-state index in [0.29, 0.717) is 16.2 Å². The summed E-state index contributed by atoms with van der Waals surface area (Å²) in [5.74, 6) is -0.0417. The van der Waals surface area contributed by atoms with Crippen LogP contribution in [-0.4, -0.2) is 5.78 Å². The largest absolute Gasteiger partial charge is 0.289 e. The van der Waals surface area contributed by atoms with Crippen molar-refractivity contribution in [3.8, 4) is 0 Å². The lowest BCUT2D eigenvalue weighted by Crippen LogP contribution is -2.02. The van der Waals surface area contributed by atoms with Gasteiger partial charge in [-0.15, -0.1) is 0 Å². The number of hydrogen-bond acceptors (Lipinski definition) is 1.